The van der Waals surface area contributed by atoms with Crippen molar-refractivity contribution in [3.63, 3.8) is 0 Å². The second kappa shape index (κ2) is 8.17. The Hall–Kier alpha value is -2.94. The van der Waals surface area contributed by atoms with Gasteiger partial charge in [-0.05, 0) is 43.5 Å². The standard InChI is InChI=1S/C18H20N2O6S/c1-13-8-9-14(2)17(11-13)19(10-4-7-18(21)22)27(25,26)16-6-3-5-15(12-16)20(23)24/h3,5-6,8-9,11-12H,4,7,10H2,1-2H3,(H,21,22). The van der Waals surface area contributed by atoms with Gasteiger partial charge in [0.25, 0.3) is 15.7 Å². The molecule has 2 aromatic rings. The number of hydrogen-bond acceptors (Lipinski definition) is 5. The van der Waals surface area contributed by atoms with E-state index in [1.165, 1.54) is 18.2 Å². The molecule has 144 valence electrons. The number of nitro groups is 1. The number of sulfonamides is 1. The molecule has 0 aliphatic rings. The minimum absolute atomic E-state index is 0.0539. The average Bonchev–Trinajstić information content (AvgIpc) is 2.61. The molecular formula is C18H20N2O6S. The van der Waals surface area contributed by atoms with E-state index in [0.29, 0.717) is 11.3 Å². The number of benzene rings is 2. The number of carboxylic acids is 1. The molecule has 0 heterocycles. The molecule has 0 amide bonds. The minimum atomic E-state index is -4.11. The van der Waals surface area contributed by atoms with E-state index < -0.39 is 20.9 Å². The van der Waals surface area contributed by atoms with Crippen molar-refractivity contribution in [3.8, 4) is 0 Å². The predicted molar refractivity (Wildman–Crippen MR) is 100 cm³/mol. The lowest BCUT2D eigenvalue weighted by Gasteiger charge is -2.26. The summed E-state index contributed by atoms with van der Waals surface area (Å²) in [7, 11) is -4.11. The fraction of sp³-hybridized carbons (Fsp3) is 0.278. The van der Waals surface area contributed by atoms with Crippen LogP contribution in [0.5, 0.6) is 0 Å². The first-order chi connectivity index (χ1) is 12.6. The maximum Gasteiger partial charge on any atom is 0.303 e. The van der Waals surface area contributed by atoms with E-state index in [2.05, 4.69) is 0 Å². The van der Waals surface area contributed by atoms with Gasteiger partial charge in [0.2, 0.25) is 0 Å². The van der Waals surface area contributed by atoms with Gasteiger partial charge in [0.1, 0.15) is 0 Å². The van der Waals surface area contributed by atoms with Gasteiger partial charge in [0, 0.05) is 25.1 Å². The van der Waals surface area contributed by atoms with E-state index in [4.69, 9.17) is 5.11 Å². The van der Waals surface area contributed by atoms with E-state index in [1.807, 2.05) is 13.0 Å². The number of anilines is 1. The normalized spacial score (nSPS) is 11.2. The van der Waals surface area contributed by atoms with Gasteiger partial charge in [-0.15, -0.1) is 0 Å². The molecule has 0 radical (unpaired) electrons. The van der Waals surface area contributed by atoms with Crippen LogP contribution in [0.4, 0.5) is 11.4 Å². The molecule has 0 bridgehead atoms. The molecule has 1 N–H and O–H groups in total. The fourth-order valence-electron chi connectivity index (χ4n) is 2.62. The Morgan fingerprint density at radius 3 is 2.52 bits per heavy atom. The highest BCUT2D eigenvalue weighted by Crippen LogP contribution is 2.29. The van der Waals surface area contributed by atoms with Crippen LogP contribution in [0.2, 0.25) is 0 Å². The number of rotatable bonds is 8. The minimum Gasteiger partial charge on any atom is -0.481 e. The van der Waals surface area contributed by atoms with Crippen molar-refractivity contribution >= 4 is 27.4 Å². The van der Waals surface area contributed by atoms with E-state index in [1.54, 1.807) is 19.1 Å². The third-order valence-electron chi connectivity index (χ3n) is 4.00. The molecule has 0 unspecified atom stereocenters. The summed E-state index contributed by atoms with van der Waals surface area (Å²) in [5.41, 5.74) is 1.63. The van der Waals surface area contributed by atoms with Gasteiger partial charge >= 0.3 is 5.97 Å². The highest BCUT2D eigenvalue weighted by Gasteiger charge is 2.27. The van der Waals surface area contributed by atoms with Crippen molar-refractivity contribution in [2.45, 2.75) is 31.6 Å². The third kappa shape index (κ3) is 4.82. The average molecular weight is 392 g/mol. The molecule has 0 aliphatic carbocycles. The maximum absolute atomic E-state index is 13.2. The van der Waals surface area contributed by atoms with Crippen molar-refractivity contribution in [3.05, 3.63) is 63.7 Å². The molecule has 0 saturated carbocycles. The summed E-state index contributed by atoms with van der Waals surface area (Å²) in [6.45, 7) is 3.52. The topological polar surface area (TPSA) is 118 Å². The Morgan fingerprint density at radius 2 is 1.89 bits per heavy atom. The lowest BCUT2D eigenvalue weighted by atomic mass is 10.1. The smallest absolute Gasteiger partial charge is 0.303 e. The van der Waals surface area contributed by atoms with Crippen molar-refractivity contribution in [2.24, 2.45) is 0 Å². The molecule has 27 heavy (non-hydrogen) atoms. The zero-order valence-corrected chi connectivity index (χ0v) is 15.8. The first-order valence-electron chi connectivity index (χ1n) is 8.19. The van der Waals surface area contributed by atoms with Gasteiger partial charge in [0.05, 0.1) is 15.5 Å². The Balaban J connectivity index is 2.54. The van der Waals surface area contributed by atoms with Crippen LogP contribution < -0.4 is 4.31 Å². The molecule has 0 fully saturated rings. The van der Waals surface area contributed by atoms with Gasteiger partial charge in [-0.1, -0.05) is 18.2 Å². The van der Waals surface area contributed by atoms with Crippen molar-refractivity contribution in [1.82, 2.24) is 0 Å². The SMILES string of the molecule is Cc1ccc(C)c(N(CCCC(=O)O)S(=O)(=O)c2cccc([N+](=O)[O-])c2)c1. The molecule has 0 spiro atoms. The summed E-state index contributed by atoms with van der Waals surface area (Å²) < 4.78 is 27.5. The molecule has 0 atom stereocenters. The predicted octanol–water partition coefficient (Wildman–Crippen LogP) is 3.27. The Bertz CT molecular complexity index is 972. The van der Waals surface area contributed by atoms with E-state index in [9.17, 15) is 23.3 Å². The number of carbonyl (C=O) groups is 1. The van der Waals surface area contributed by atoms with Crippen molar-refractivity contribution in [1.29, 1.82) is 0 Å². The number of nitro benzene ring substituents is 1. The molecule has 0 aliphatic heterocycles. The van der Waals surface area contributed by atoms with Crippen LogP contribution in [-0.2, 0) is 14.8 Å². The number of aliphatic carboxylic acids is 1. The quantitative estimate of drug-likeness (QED) is 0.544. The van der Waals surface area contributed by atoms with Crippen LogP contribution in [0.25, 0.3) is 0 Å². The van der Waals surface area contributed by atoms with Crippen LogP contribution in [-0.4, -0.2) is 31.0 Å². The van der Waals surface area contributed by atoms with Crippen LogP contribution in [0.3, 0.4) is 0 Å². The molecule has 9 heteroatoms. The van der Waals surface area contributed by atoms with Gasteiger partial charge in [-0.3, -0.25) is 19.2 Å². The lowest BCUT2D eigenvalue weighted by Crippen LogP contribution is -2.33. The van der Waals surface area contributed by atoms with Crippen LogP contribution in [0.15, 0.2) is 47.4 Å². The Labute approximate surface area is 157 Å². The number of aryl methyl sites for hydroxylation is 2. The largest absolute Gasteiger partial charge is 0.481 e. The molecule has 0 saturated heterocycles. The summed E-state index contributed by atoms with van der Waals surface area (Å²) in [5, 5.41) is 19.9. The molecular weight excluding hydrogens is 372 g/mol. The van der Waals surface area contributed by atoms with E-state index >= 15 is 0 Å². The zero-order valence-electron chi connectivity index (χ0n) is 15.0. The highest BCUT2D eigenvalue weighted by molar-refractivity contribution is 7.92. The third-order valence-corrected chi connectivity index (χ3v) is 5.81. The van der Waals surface area contributed by atoms with Gasteiger partial charge in [-0.25, -0.2) is 8.42 Å². The van der Waals surface area contributed by atoms with E-state index in [0.717, 1.165) is 15.9 Å². The number of hydrogen-bond donors (Lipinski definition) is 1. The molecule has 0 aromatic heterocycles. The maximum atomic E-state index is 13.2. The van der Waals surface area contributed by atoms with Crippen LogP contribution in [0, 0.1) is 24.0 Å². The van der Waals surface area contributed by atoms with Gasteiger partial charge in [-0.2, -0.15) is 0 Å². The van der Waals surface area contributed by atoms with Crippen LogP contribution >= 0.6 is 0 Å². The second-order valence-corrected chi connectivity index (χ2v) is 7.98. The van der Waals surface area contributed by atoms with Gasteiger partial charge in [0.15, 0.2) is 0 Å². The van der Waals surface area contributed by atoms with E-state index in [-0.39, 0.29) is 30.0 Å². The summed E-state index contributed by atoms with van der Waals surface area (Å²) in [6.07, 6.45) is -0.0807. The molecule has 2 aromatic carbocycles. The highest BCUT2D eigenvalue weighted by atomic mass is 32.2. The first kappa shape index (κ1) is 20.4. The lowest BCUT2D eigenvalue weighted by molar-refractivity contribution is -0.385. The van der Waals surface area contributed by atoms with Crippen LogP contribution in [0.1, 0.15) is 24.0 Å². The molecule has 8 nitrogen and oxygen atoms in total. The number of nitrogens with zero attached hydrogens (tertiary/aromatic N) is 2. The summed E-state index contributed by atoms with van der Waals surface area (Å²) in [4.78, 5) is 21.0. The summed E-state index contributed by atoms with van der Waals surface area (Å²) in [5.74, 6) is -1.02. The molecule has 2 rings (SSSR count). The first-order valence-corrected chi connectivity index (χ1v) is 9.63. The second-order valence-electron chi connectivity index (χ2n) is 6.12. The summed E-state index contributed by atoms with van der Waals surface area (Å²) >= 11 is 0. The van der Waals surface area contributed by atoms with Crippen molar-refractivity contribution < 1.29 is 23.2 Å². The Morgan fingerprint density at radius 1 is 1.19 bits per heavy atom. The van der Waals surface area contributed by atoms with Gasteiger partial charge < -0.3 is 5.11 Å². The Kier molecular flexibility index (Phi) is 6.17. The van der Waals surface area contributed by atoms with Crippen molar-refractivity contribution in [2.75, 3.05) is 10.8 Å². The fourth-order valence-corrected chi connectivity index (χ4v) is 4.22. The number of carboxylic acid groups (broad SMARTS) is 1. The number of non-ortho nitro benzene ring substituents is 1. The monoisotopic (exact) mass is 392 g/mol. The zero-order chi connectivity index (χ0) is 20.2. The summed E-state index contributed by atoms with van der Waals surface area (Å²) in [6, 6.07) is 10.1.